The first-order valence-corrected chi connectivity index (χ1v) is 7.46. The molecule has 2 fully saturated rings. The third-order valence-electron chi connectivity index (χ3n) is 4.66. The van der Waals surface area contributed by atoms with E-state index in [1.54, 1.807) is 0 Å². The molecule has 0 aromatic heterocycles. The highest BCUT2D eigenvalue weighted by Gasteiger charge is 2.23. The molecule has 0 aromatic carbocycles. The summed E-state index contributed by atoms with van der Waals surface area (Å²) in [6, 6.07) is 1.43. The van der Waals surface area contributed by atoms with Gasteiger partial charge in [-0.3, -0.25) is 4.90 Å². The van der Waals surface area contributed by atoms with Crippen LogP contribution in [0.15, 0.2) is 0 Å². The second kappa shape index (κ2) is 6.85. The normalized spacial score (nSPS) is 32.8. The molecule has 18 heavy (non-hydrogen) atoms. The summed E-state index contributed by atoms with van der Waals surface area (Å²) < 4.78 is 0. The van der Waals surface area contributed by atoms with E-state index in [9.17, 15) is 0 Å². The standard InChI is InChI=1S/C14H30N4/c1-16-8-9-18(3)14(12-16)11-15-10-13-6-4-5-7-17(13)2/h13-15H,4-12H2,1-3H3. The molecule has 0 aliphatic carbocycles. The van der Waals surface area contributed by atoms with E-state index >= 15 is 0 Å². The monoisotopic (exact) mass is 254 g/mol. The number of piperazine rings is 1. The smallest absolute Gasteiger partial charge is 0.0345 e. The van der Waals surface area contributed by atoms with Gasteiger partial charge in [0.15, 0.2) is 0 Å². The molecule has 0 saturated carbocycles. The minimum absolute atomic E-state index is 0.678. The van der Waals surface area contributed by atoms with Gasteiger partial charge in [-0.25, -0.2) is 0 Å². The number of hydrogen-bond donors (Lipinski definition) is 1. The summed E-state index contributed by atoms with van der Waals surface area (Å²) in [5.74, 6) is 0. The van der Waals surface area contributed by atoms with E-state index in [2.05, 4.69) is 41.2 Å². The molecule has 2 saturated heterocycles. The maximum atomic E-state index is 3.70. The lowest BCUT2D eigenvalue weighted by Gasteiger charge is -2.38. The SMILES string of the molecule is CN1CCN(C)C(CNCC2CCCCN2C)C1. The van der Waals surface area contributed by atoms with Crippen LogP contribution in [0.2, 0.25) is 0 Å². The van der Waals surface area contributed by atoms with E-state index in [-0.39, 0.29) is 0 Å². The topological polar surface area (TPSA) is 21.8 Å². The Balaban J connectivity index is 1.67. The van der Waals surface area contributed by atoms with Crippen LogP contribution in [-0.4, -0.2) is 87.2 Å². The number of nitrogens with zero attached hydrogens (tertiary/aromatic N) is 3. The molecule has 2 heterocycles. The molecule has 0 bridgehead atoms. The van der Waals surface area contributed by atoms with E-state index in [0.717, 1.165) is 19.1 Å². The Kier molecular flexibility index (Phi) is 5.42. The molecule has 2 unspecified atom stereocenters. The molecule has 2 aliphatic heterocycles. The van der Waals surface area contributed by atoms with Gasteiger partial charge in [-0.2, -0.15) is 0 Å². The van der Waals surface area contributed by atoms with Crippen LogP contribution in [0.3, 0.4) is 0 Å². The van der Waals surface area contributed by atoms with Crippen molar-refractivity contribution < 1.29 is 0 Å². The van der Waals surface area contributed by atoms with E-state index < -0.39 is 0 Å². The zero-order valence-corrected chi connectivity index (χ0v) is 12.4. The molecule has 106 valence electrons. The van der Waals surface area contributed by atoms with Gasteiger partial charge >= 0.3 is 0 Å². The summed E-state index contributed by atoms with van der Waals surface area (Å²) in [6.45, 7) is 7.17. The molecular weight excluding hydrogens is 224 g/mol. The van der Waals surface area contributed by atoms with Gasteiger partial charge in [-0.1, -0.05) is 6.42 Å². The molecule has 0 radical (unpaired) electrons. The highest BCUT2D eigenvalue weighted by atomic mass is 15.3. The van der Waals surface area contributed by atoms with Crippen molar-refractivity contribution in [3.8, 4) is 0 Å². The van der Waals surface area contributed by atoms with Gasteiger partial charge in [0.2, 0.25) is 0 Å². The van der Waals surface area contributed by atoms with Crippen LogP contribution in [-0.2, 0) is 0 Å². The van der Waals surface area contributed by atoms with Gasteiger partial charge in [0.25, 0.3) is 0 Å². The van der Waals surface area contributed by atoms with Crippen molar-refractivity contribution >= 4 is 0 Å². The first kappa shape index (κ1) is 14.3. The van der Waals surface area contributed by atoms with Crippen molar-refractivity contribution in [2.24, 2.45) is 0 Å². The molecule has 0 spiro atoms. The number of nitrogens with one attached hydrogen (secondary N) is 1. The number of rotatable bonds is 4. The molecule has 0 amide bonds. The van der Waals surface area contributed by atoms with Crippen LogP contribution in [0.25, 0.3) is 0 Å². The predicted molar refractivity (Wildman–Crippen MR) is 77.1 cm³/mol. The van der Waals surface area contributed by atoms with Crippen LogP contribution >= 0.6 is 0 Å². The molecule has 2 aliphatic rings. The summed E-state index contributed by atoms with van der Waals surface area (Å²) in [4.78, 5) is 7.46. The molecule has 4 heteroatoms. The lowest BCUT2D eigenvalue weighted by atomic mass is 10.0. The Morgan fingerprint density at radius 3 is 2.39 bits per heavy atom. The average Bonchev–Trinajstić information content (AvgIpc) is 2.36. The van der Waals surface area contributed by atoms with E-state index in [0.29, 0.717) is 6.04 Å². The number of likely N-dealkylation sites (N-methyl/N-ethyl adjacent to an activating group) is 3. The van der Waals surface area contributed by atoms with Crippen LogP contribution in [0.4, 0.5) is 0 Å². The number of piperidine rings is 1. The van der Waals surface area contributed by atoms with Crippen molar-refractivity contribution in [1.29, 1.82) is 0 Å². The molecule has 0 aromatic rings. The van der Waals surface area contributed by atoms with Crippen molar-refractivity contribution in [2.45, 2.75) is 31.3 Å². The summed E-state index contributed by atoms with van der Waals surface area (Å²) in [5, 5.41) is 3.70. The van der Waals surface area contributed by atoms with Gasteiger partial charge in [0.1, 0.15) is 0 Å². The van der Waals surface area contributed by atoms with Gasteiger partial charge < -0.3 is 15.1 Å². The Bertz CT molecular complexity index is 246. The van der Waals surface area contributed by atoms with Crippen molar-refractivity contribution in [3.05, 3.63) is 0 Å². The van der Waals surface area contributed by atoms with Crippen LogP contribution in [0.5, 0.6) is 0 Å². The summed E-state index contributed by atoms with van der Waals surface area (Å²) in [7, 11) is 6.76. The summed E-state index contributed by atoms with van der Waals surface area (Å²) >= 11 is 0. The Morgan fingerprint density at radius 1 is 0.889 bits per heavy atom. The van der Waals surface area contributed by atoms with Gasteiger partial charge in [0, 0.05) is 44.8 Å². The number of likely N-dealkylation sites (tertiary alicyclic amines) is 1. The maximum Gasteiger partial charge on any atom is 0.0345 e. The third-order valence-corrected chi connectivity index (χ3v) is 4.66. The van der Waals surface area contributed by atoms with Gasteiger partial charge in [0.05, 0.1) is 0 Å². The molecule has 2 rings (SSSR count). The average molecular weight is 254 g/mol. The van der Waals surface area contributed by atoms with Crippen LogP contribution < -0.4 is 5.32 Å². The zero-order valence-electron chi connectivity index (χ0n) is 12.4. The summed E-state index contributed by atoms with van der Waals surface area (Å²) in [6.07, 6.45) is 4.15. The second-order valence-corrected chi connectivity index (χ2v) is 6.19. The van der Waals surface area contributed by atoms with Crippen molar-refractivity contribution in [1.82, 2.24) is 20.0 Å². The largest absolute Gasteiger partial charge is 0.314 e. The lowest BCUT2D eigenvalue weighted by Crippen LogP contribution is -2.55. The quantitative estimate of drug-likeness (QED) is 0.779. The van der Waals surface area contributed by atoms with Gasteiger partial charge in [-0.15, -0.1) is 0 Å². The Labute approximate surface area is 112 Å². The number of hydrogen-bond acceptors (Lipinski definition) is 4. The highest BCUT2D eigenvalue weighted by Crippen LogP contribution is 2.14. The third kappa shape index (κ3) is 3.92. The molecule has 1 N–H and O–H groups in total. The highest BCUT2D eigenvalue weighted by molar-refractivity contribution is 4.82. The fraction of sp³-hybridized carbons (Fsp3) is 1.00. The zero-order chi connectivity index (χ0) is 13.0. The van der Waals surface area contributed by atoms with Crippen LogP contribution in [0, 0.1) is 0 Å². The fourth-order valence-corrected chi connectivity index (χ4v) is 3.14. The second-order valence-electron chi connectivity index (χ2n) is 6.19. The molecule has 2 atom stereocenters. The first-order valence-electron chi connectivity index (χ1n) is 7.46. The maximum absolute atomic E-state index is 3.70. The van der Waals surface area contributed by atoms with Crippen molar-refractivity contribution in [3.63, 3.8) is 0 Å². The first-order chi connectivity index (χ1) is 8.66. The van der Waals surface area contributed by atoms with Crippen molar-refractivity contribution in [2.75, 3.05) is 60.4 Å². The van der Waals surface area contributed by atoms with Gasteiger partial charge in [-0.05, 0) is 40.5 Å². The van der Waals surface area contributed by atoms with E-state index in [1.807, 2.05) is 0 Å². The molecule has 4 nitrogen and oxygen atoms in total. The fourth-order valence-electron chi connectivity index (χ4n) is 3.14. The van der Waals surface area contributed by atoms with Crippen LogP contribution in [0.1, 0.15) is 19.3 Å². The summed E-state index contributed by atoms with van der Waals surface area (Å²) in [5.41, 5.74) is 0. The Morgan fingerprint density at radius 2 is 1.61 bits per heavy atom. The minimum Gasteiger partial charge on any atom is -0.314 e. The van der Waals surface area contributed by atoms with E-state index in [4.69, 9.17) is 0 Å². The predicted octanol–water partition coefficient (Wildman–Crippen LogP) is 0.306. The van der Waals surface area contributed by atoms with E-state index in [1.165, 1.54) is 45.4 Å². The Hall–Kier alpha value is -0.160. The lowest BCUT2D eigenvalue weighted by molar-refractivity contribution is 0.109. The minimum atomic E-state index is 0.678. The molecular formula is C14H30N4.